The van der Waals surface area contributed by atoms with Crippen LogP contribution in [0.2, 0.25) is 0 Å². The number of alkyl halides is 3. The van der Waals surface area contributed by atoms with Crippen molar-refractivity contribution in [2.24, 2.45) is 5.41 Å². The minimum absolute atomic E-state index is 0.111. The third-order valence-electron chi connectivity index (χ3n) is 7.75. The van der Waals surface area contributed by atoms with Crippen LogP contribution in [-0.2, 0) is 11.3 Å². The van der Waals surface area contributed by atoms with Crippen LogP contribution in [0.25, 0.3) is 11.3 Å². The van der Waals surface area contributed by atoms with E-state index in [-0.39, 0.29) is 22.9 Å². The van der Waals surface area contributed by atoms with Crippen LogP contribution < -0.4 is 10.2 Å². The van der Waals surface area contributed by atoms with Gasteiger partial charge in [0.2, 0.25) is 5.91 Å². The fraction of sp³-hybridized carbons (Fsp3) is 0.444. The molecule has 0 unspecified atom stereocenters. The number of pyridine rings is 2. The van der Waals surface area contributed by atoms with Gasteiger partial charge in [-0.1, -0.05) is 18.9 Å². The van der Waals surface area contributed by atoms with Crippen LogP contribution in [0.1, 0.15) is 67.0 Å². The van der Waals surface area contributed by atoms with Crippen LogP contribution in [0, 0.1) is 5.41 Å². The van der Waals surface area contributed by atoms with Crippen molar-refractivity contribution in [3.63, 3.8) is 0 Å². The van der Waals surface area contributed by atoms with Gasteiger partial charge in [0.1, 0.15) is 12.2 Å². The van der Waals surface area contributed by atoms with E-state index >= 15 is 0 Å². The Balaban J connectivity index is 1.23. The summed E-state index contributed by atoms with van der Waals surface area (Å²) < 4.78 is 38.9. The number of nitrogens with zero attached hydrogens (tertiary/aromatic N) is 5. The van der Waals surface area contributed by atoms with Crippen LogP contribution in [-0.4, -0.2) is 44.3 Å². The molecule has 3 fully saturated rings. The number of halogens is 3. The first kappa shape index (κ1) is 24.6. The molecule has 1 spiro atoms. The monoisotopic (exact) mass is 524 g/mol. The Kier molecular flexibility index (Phi) is 5.96. The molecule has 11 heteroatoms. The summed E-state index contributed by atoms with van der Waals surface area (Å²) >= 11 is 0. The minimum atomic E-state index is -4.39. The number of rotatable bonds is 6. The molecule has 38 heavy (non-hydrogen) atoms. The molecule has 3 aliphatic rings. The van der Waals surface area contributed by atoms with Crippen molar-refractivity contribution < 1.29 is 22.8 Å². The highest BCUT2D eigenvalue weighted by Crippen LogP contribution is 2.48. The first-order chi connectivity index (χ1) is 18.2. The molecule has 6 rings (SSSR count). The molecular formula is C27H27F3N6O2. The number of hydrogen-bond donors (Lipinski definition) is 1. The Hall–Kier alpha value is -3.76. The lowest BCUT2D eigenvalue weighted by Crippen LogP contribution is -2.33. The molecule has 8 nitrogen and oxygen atoms in total. The molecule has 1 N–H and O–H groups in total. The zero-order chi connectivity index (χ0) is 26.5. The van der Waals surface area contributed by atoms with E-state index in [2.05, 4.69) is 20.4 Å². The van der Waals surface area contributed by atoms with Gasteiger partial charge in [0.15, 0.2) is 0 Å². The number of amides is 2. The molecule has 198 valence electrons. The summed E-state index contributed by atoms with van der Waals surface area (Å²) in [5, 5.41) is 6.69. The molecule has 1 aliphatic heterocycles. The highest BCUT2D eigenvalue weighted by molar-refractivity contribution is 6.05. The lowest BCUT2D eigenvalue weighted by molar-refractivity contribution is -0.142. The van der Waals surface area contributed by atoms with Gasteiger partial charge < -0.3 is 10.2 Å². The van der Waals surface area contributed by atoms with Crippen LogP contribution in [0.5, 0.6) is 0 Å². The van der Waals surface area contributed by atoms with E-state index in [9.17, 15) is 22.8 Å². The summed E-state index contributed by atoms with van der Waals surface area (Å²) in [4.78, 5) is 37.3. The molecule has 0 aromatic carbocycles. The lowest BCUT2D eigenvalue weighted by Gasteiger charge is -2.23. The summed E-state index contributed by atoms with van der Waals surface area (Å²) in [7, 11) is 0. The van der Waals surface area contributed by atoms with Crippen molar-refractivity contribution in [3.8, 4) is 11.3 Å². The number of carbonyl (C=O) groups is 2. The second-order valence-corrected chi connectivity index (χ2v) is 10.5. The zero-order valence-corrected chi connectivity index (χ0v) is 20.7. The van der Waals surface area contributed by atoms with Crippen LogP contribution in [0.4, 0.5) is 24.5 Å². The molecule has 2 aliphatic carbocycles. The second-order valence-electron chi connectivity index (χ2n) is 10.5. The van der Waals surface area contributed by atoms with Crippen LogP contribution >= 0.6 is 0 Å². The average molecular weight is 525 g/mol. The number of anilines is 2. The summed E-state index contributed by atoms with van der Waals surface area (Å²) in [5.74, 6) is -0.0577. The Labute approximate surface area is 217 Å². The van der Waals surface area contributed by atoms with Gasteiger partial charge in [-0.2, -0.15) is 18.3 Å². The van der Waals surface area contributed by atoms with E-state index in [4.69, 9.17) is 0 Å². The molecule has 2 saturated carbocycles. The summed E-state index contributed by atoms with van der Waals surface area (Å²) in [6, 6.07) is 6.61. The van der Waals surface area contributed by atoms with Crippen molar-refractivity contribution in [2.75, 3.05) is 16.8 Å². The van der Waals surface area contributed by atoms with E-state index in [1.165, 1.54) is 12.4 Å². The molecular weight excluding hydrogens is 497 g/mol. The largest absolute Gasteiger partial charge is 0.408 e. The highest BCUT2D eigenvalue weighted by atomic mass is 19.4. The van der Waals surface area contributed by atoms with E-state index < -0.39 is 18.6 Å². The van der Waals surface area contributed by atoms with Gasteiger partial charge >= 0.3 is 6.18 Å². The van der Waals surface area contributed by atoms with Crippen LogP contribution in [0.3, 0.4) is 0 Å². The molecule has 0 radical (unpaired) electrons. The van der Waals surface area contributed by atoms with Gasteiger partial charge in [-0.25, -0.2) is 4.98 Å². The Morgan fingerprint density at radius 2 is 1.92 bits per heavy atom. The number of aromatic nitrogens is 4. The summed E-state index contributed by atoms with van der Waals surface area (Å²) in [6.45, 7) is -0.566. The lowest BCUT2D eigenvalue weighted by atomic mass is 9.85. The summed E-state index contributed by atoms with van der Waals surface area (Å²) in [5.41, 5.74) is 2.59. The standard InChI is InChI=1S/C27H27F3N6O2/c28-27(29,30)16-35-15-18(13-32-35)20-4-3-5-21(33-20)24(37)34-22-12-19(14-31-23(22)17-6-7-17)36-11-10-26(25(36)38)8-1-2-9-26/h3-5,12-15,17H,1-2,6-11,16H2,(H,34,37). The molecule has 2 amide bonds. The fourth-order valence-corrected chi connectivity index (χ4v) is 5.65. The van der Waals surface area contributed by atoms with E-state index in [0.29, 0.717) is 29.2 Å². The smallest absolute Gasteiger partial charge is 0.319 e. The van der Waals surface area contributed by atoms with Gasteiger partial charge in [0, 0.05) is 24.2 Å². The second kappa shape index (κ2) is 9.21. The third kappa shape index (κ3) is 4.77. The van der Waals surface area contributed by atoms with Crippen molar-refractivity contribution in [3.05, 3.63) is 54.2 Å². The maximum absolute atomic E-state index is 13.3. The highest BCUT2D eigenvalue weighted by Gasteiger charge is 2.48. The van der Waals surface area contributed by atoms with Crippen molar-refractivity contribution in [1.29, 1.82) is 0 Å². The first-order valence-electron chi connectivity index (χ1n) is 12.9. The molecule has 0 atom stereocenters. The van der Waals surface area contributed by atoms with E-state index in [0.717, 1.165) is 55.3 Å². The van der Waals surface area contributed by atoms with Crippen molar-refractivity contribution in [2.45, 2.75) is 63.6 Å². The van der Waals surface area contributed by atoms with Gasteiger partial charge in [0.25, 0.3) is 5.91 Å². The number of hydrogen-bond acceptors (Lipinski definition) is 5. The Bertz CT molecular complexity index is 1390. The molecule has 4 heterocycles. The number of nitrogens with one attached hydrogen (secondary N) is 1. The predicted molar refractivity (Wildman–Crippen MR) is 134 cm³/mol. The van der Waals surface area contributed by atoms with Gasteiger partial charge in [-0.05, 0) is 50.3 Å². The molecule has 3 aromatic rings. The molecule has 0 bridgehead atoms. The van der Waals surface area contributed by atoms with Crippen molar-refractivity contribution >= 4 is 23.2 Å². The summed E-state index contributed by atoms with van der Waals surface area (Å²) in [6.07, 6.45) is 6.70. The van der Waals surface area contributed by atoms with E-state index in [1.54, 1.807) is 29.3 Å². The zero-order valence-electron chi connectivity index (χ0n) is 20.7. The van der Waals surface area contributed by atoms with Crippen LogP contribution in [0.15, 0.2) is 42.9 Å². The quantitative estimate of drug-likeness (QED) is 0.471. The Morgan fingerprint density at radius 3 is 2.66 bits per heavy atom. The van der Waals surface area contributed by atoms with Gasteiger partial charge in [-0.15, -0.1) is 0 Å². The topological polar surface area (TPSA) is 93.0 Å². The average Bonchev–Trinajstić information content (AvgIpc) is 3.28. The maximum Gasteiger partial charge on any atom is 0.408 e. The normalized spacial score (nSPS) is 18.9. The molecule has 1 saturated heterocycles. The minimum Gasteiger partial charge on any atom is -0.319 e. The fourth-order valence-electron chi connectivity index (χ4n) is 5.65. The first-order valence-corrected chi connectivity index (χ1v) is 12.9. The maximum atomic E-state index is 13.3. The van der Waals surface area contributed by atoms with E-state index in [1.807, 2.05) is 6.07 Å². The van der Waals surface area contributed by atoms with Crippen molar-refractivity contribution in [1.82, 2.24) is 19.7 Å². The molecule has 3 aromatic heterocycles. The number of carbonyl (C=O) groups excluding carboxylic acids is 2. The van der Waals surface area contributed by atoms with Gasteiger partial charge in [0.05, 0.1) is 40.6 Å². The third-order valence-corrected chi connectivity index (χ3v) is 7.75. The Morgan fingerprint density at radius 1 is 1.13 bits per heavy atom. The van der Waals surface area contributed by atoms with Gasteiger partial charge in [-0.3, -0.25) is 19.3 Å². The SMILES string of the molecule is O=C(Nc1cc(N2CCC3(CCCC3)C2=O)cnc1C1CC1)c1cccc(-c2cnn(CC(F)(F)F)c2)n1. The predicted octanol–water partition coefficient (Wildman–Crippen LogP) is 5.33.